The van der Waals surface area contributed by atoms with Crippen molar-refractivity contribution in [2.75, 3.05) is 0 Å². The maximum absolute atomic E-state index is 2.90. The average Bonchev–Trinajstić information content (AvgIpc) is 3.68. The molecule has 0 saturated carbocycles. The zero-order valence-electron chi connectivity index (χ0n) is 34.1. The van der Waals surface area contributed by atoms with Crippen LogP contribution in [0.4, 0.5) is 0 Å². The van der Waals surface area contributed by atoms with Crippen LogP contribution in [0.1, 0.15) is 104 Å². The van der Waals surface area contributed by atoms with E-state index in [1.807, 2.05) is 0 Å². The summed E-state index contributed by atoms with van der Waals surface area (Å²) >= 11 is -2.90. The predicted molar refractivity (Wildman–Crippen MR) is 224 cm³/mol. The van der Waals surface area contributed by atoms with Gasteiger partial charge in [-0.25, -0.2) is 0 Å². The molecule has 5 aromatic rings. The van der Waals surface area contributed by atoms with E-state index in [-0.39, 0.29) is 41.1 Å². The van der Waals surface area contributed by atoms with E-state index in [0.717, 1.165) is 6.42 Å². The summed E-state index contributed by atoms with van der Waals surface area (Å²) in [5, 5.41) is 0. The topological polar surface area (TPSA) is 0 Å². The molecule has 0 fully saturated rings. The van der Waals surface area contributed by atoms with E-state index < -0.39 is 21.3 Å². The van der Waals surface area contributed by atoms with Crippen LogP contribution in [0.15, 0.2) is 130 Å². The third-order valence-electron chi connectivity index (χ3n) is 11.3. The van der Waals surface area contributed by atoms with Crippen LogP contribution in [0.3, 0.4) is 0 Å². The van der Waals surface area contributed by atoms with Crippen LogP contribution in [0.2, 0.25) is 0 Å². The SMILES string of the molecule is C/[C](c1ccccc1)=[Zr+2](\[C]1=CC(C(C)(C)C)=CC1C)[c]1c2c(cc(C(C)(C)C)c1-c1ccccc1)-c1cc(C(C)(C)C)c(-c3ccccc3)cc1C2.[Cl-].[Cl-]. The van der Waals surface area contributed by atoms with Crippen LogP contribution in [0.5, 0.6) is 0 Å². The molecule has 0 amide bonds. The molecule has 2 aliphatic rings. The number of rotatable bonds is 5. The Hall–Kier alpha value is -3.09. The van der Waals surface area contributed by atoms with Crippen LogP contribution in [-0.4, -0.2) is 3.21 Å². The van der Waals surface area contributed by atoms with Crippen molar-refractivity contribution in [3.63, 3.8) is 0 Å². The first-order valence-electron chi connectivity index (χ1n) is 19.2. The quantitative estimate of drug-likeness (QED) is 0.173. The molecule has 2 aliphatic carbocycles. The van der Waals surface area contributed by atoms with E-state index in [4.69, 9.17) is 0 Å². The fourth-order valence-corrected chi connectivity index (χ4v) is 16.9. The van der Waals surface area contributed by atoms with Gasteiger partial charge in [0.2, 0.25) is 0 Å². The molecule has 1 unspecified atom stereocenters. The summed E-state index contributed by atoms with van der Waals surface area (Å²) in [6.07, 6.45) is 6.21. The van der Waals surface area contributed by atoms with Crippen molar-refractivity contribution in [1.82, 2.24) is 0 Å². The molecule has 5 aromatic carbocycles. The van der Waals surface area contributed by atoms with Crippen LogP contribution in [0, 0.1) is 11.3 Å². The minimum Gasteiger partial charge on any atom is -1.00 e. The van der Waals surface area contributed by atoms with Gasteiger partial charge in [0.15, 0.2) is 0 Å². The minimum atomic E-state index is -2.90. The van der Waals surface area contributed by atoms with Crippen LogP contribution < -0.4 is 28.1 Å². The molecule has 0 saturated heterocycles. The molecular formula is C51H56Cl2Zr. The molecule has 0 aromatic heterocycles. The second-order valence-electron chi connectivity index (χ2n) is 18.3. The van der Waals surface area contributed by atoms with Gasteiger partial charge in [-0.3, -0.25) is 0 Å². The number of benzene rings is 5. The first-order valence-corrected chi connectivity index (χ1v) is 22.9. The minimum absolute atomic E-state index is 0. The Morgan fingerprint density at radius 1 is 0.593 bits per heavy atom. The van der Waals surface area contributed by atoms with E-state index in [0.29, 0.717) is 5.92 Å². The number of fused-ring (bicyclic) bond motifs is 3. The normalized spacial score (nSPS) is 15.3. The van der Waals surface area contributed by atoms with Crippen molar-refractivity contribution >= 4 is 6.48 Å². The monoisotopic (exact) mass is 828 g/mol. The van der Waals surface area contributed by atoms with Crippen molar-refractivity contribution in [1.29, 1.82) is 0 Å². The summed E-state index contributed by atoms with van der Waals surface area (Å²) in [4.78, 5) is 0. The number of allylic oxidation sites excluding steroid dienone is 4. The summed E-state index contributed by atoms with van der Waals surface area (Å²) in [5.41, 5.74) is 17.3. The van der Waals surface area contributed by atoms with Gasteiger partial charge in [0, 0.05) is 0 Å². The van der Waals surface area contributed by atoms with Gasteiger partial charge in [-0.05, 0) is 0 Å². The van der Waals surface area contributed by atoms with E-state index in [1.165, 1.54) is 61.2 Å². The second kappa shape index (κ2) is 15.8. The van der Waals surface area contributed by atoms with Gasteiger partial charge < -0.3 is 24.8 Å². The maximum Gasteiger partial charge on any atom is -1.00 e. The Morgan fingerprint density at radius 3 is 1.63 bits per heavy atom. The Kier molecular flexibility index (Phi) is 12.3. The molecule has 278 valence electrons. The first kappa shape index (κ1) is 42.1. The van der Waals surface area contributed by atoms with Gasteiger partial charge in [-0.1, -0.05) is 0 Å². The van der Waals surface area contributed by atoms with Gasteiger partial charge in [0.1, 0.15) is 0 Å². The maximum atomic E-state index is 2.66. The molecule has 0 aliphatic heterocycles. The van der Waals surface area contributed by atoms with Crippen molar-refractivity contribution in [3.8, 4) is 33.4 Å². The van der Waals surface area contributed by atoms with E-state index in [1.54, 1.807) is 15.3 Å². The molecule has 3 heteroatoms. The Bertz CT molecular complexity index is 2250. The molecule has 54 heavy (non-hydrogen) atoms. The fraction of sp³-hybridized carbons (Fsp3) is 0.314. The Balaban J connectivity index is 0.00000280. The summed E-state index contributed by atoms with van der Waals surface area (Å²) in [6, 6.07) is 41.6. The molecule has 0 N–H and O–H groups in total. The number of hydrogen-bond donors (Lipinski definition) is 0. The summed E-state index contributed by atoms with van der Waals surface area (Å²) in [6.45, 7) is 26.5. The largest absolute Gasteiger partial charge is 1.00 e. The van der Waals surface area contributed by atoms with Crippen molar-refractivity contribution in [2.45, 2.75) is 93.4 Å². The Morgan fingerprint density at radius 2 is 1.11 bits per heavy atom. The zero-order valence-corrected chi connectivity index (χ0v) is 38.1. The molecular weight excluding hydrogens is 775 g/mol. The van der Waals surface area contributed by atoms with E-state index in [9.17, 15) is 0 Å². The van der Waals surface area contributed by atoms with Gasteiger partial charge in [-0.2, -0.15) is 0 Å². The zero-order chi connectivity index (χ0) is 37.2. The molecule has 0 radical (unpaired) electrons. The van der Waals surface area contributed by atoms with E-state index >= 15 is 0 Å². The van der Waals surface area contributed by atoms with Crippen LogP contribution in [-0.2, 0) is 38.5 Å². The predicted octanol–water partition coefficient (Wildman–Crippen LogP) is 7.19. The van der Waals surface area contributed by atoms with Crippen molar-refractivity contribution < 1.29 is 46.1 Å². The number of hydrogen-bond acceptors (Lipinski definition) is 0. The second-order valence-corrected chi connectivity index (χ2v) is 24.6. The molecule has 7 rings (SSSR count). The molecule has 0 nitrogen and oxygen atoms in total. The summed E-state index contributed by atoms with van der Waals surface area (Å²) in [7, 11) is 0. The fourth-order valence-electron chi connectivity index (χ4n) is 8.48. The third-order valence-corrected chi connectivity index (χ3v) is 19.3. The summed E-state index contributed by atoms with van der Waals surface area (Å²) in [5.74, 6) is 0.417. The third kappa shape index (κ3) is 7.94. The van der Waals surface area contributed by atoms with Crippen molar-refractivity contribution in [2.24, 2.45) is 11.3 Å². The standard InChI is InChI=1S/C33H33.C10H15.C8H8.2ClH.Zr/c1-32(2,3)30-20-26-24(18-28(30)22-13-9-7-10-14-22)17-25-19-29(23-15-11-8-12-16-23)31(21-27(25)26)33(4,5)6;1-8-5-6-9(7-8)10(2,3)4;1-2-8-6-4-3-5-7-8;;;/h7-16,18,20-21H,17H2,1-6H3;6-8H,1-4H3;3-7H,1H3;2*1H;/q;;;;;+2/p-2. The molecule has 1 atom stereocenters. The van der Waals surface area contributed by atoms with Crippen molar-refractivity contribution in [3.05, 3.63) is 158 Å². The molecule has 0 heterocycles. The Labute approximate surface area is 346 Å². The van der Waals surface area contributed by atoms with Gasteiger partial charge in [-0.15, -0.1) is 0 Å². The van der Waals surface area contributed by atoms with Crippen LogP contribution in [0.25, 0.3) is 33.4 Å². The number of halogens is 2. The molecule has 0 bridgehead atoms. The first-order chi connectivity index (χ1) is 24.5. The average molecular weight is 831 g/mol. The van der Waals surface area contributed by atoms with Gasteiger partial charge in [0.05, 0.1) is 0 Å². The summed E-state index contributed by atoms with van der Waals surface area (Å²) < 4.78 is 5.01. The smallest absolute Gasteiger partial charge is 1.00 e. The van der Waals surface area contributed by atoms with Gasteiger partial charge in [0.25, 0.3) is 0 Å². The van der Waals surface area contributed by atoms with E-state index in [2.05, 4.69) is 198 Å². The van der Waals surface area contributed by atoms with Gasteiger partial charge >= 0.3 is 324 Å². The van der Waals surface area contributed by atoms with Crippen LogP contribution >= 0.6 is 0 Å². The molecule has 0 spiro atoms.